The van der Waals surface area contributed by atoms with Crippen LogP contribution < -0.4 is 10.6 Å². The van der Waals surface area contributed by atoms with E-state index in [1.165, 1.54) is 12.1 Å². The van der Waals surface area contributed by atoms with Crippen LogP contribution in [0.3, 0.4) is 0 Å². The molecule has 11 nitrogen and oxygen atoms in total. The van der Waals surface area contributed by atoms with Gasteiger partial charge in [-0.05, 0) is 25.3 Å². The molecule has 124 valence electrons. The van der Waals surface area contributed by atoms with Crippen LogP contribution in [0, 0.1) is 10.1 Å². The van der Waals surface area contributed by atoms with Crippen molar-refractivity contribution >= 4 is 17.6 Å². The number of furan rings is 1. The number of H-pyrrole nitrogens is 1. The summed E-state index contributed by atoms with van der Waals surface area (Å²) in [5.74, 6) is 0.327. The van der Waals surface area contributed by atoms with Gasteiger partial charge in [-0.25, -0.2) is 4.79 Å². The second-order valence-electron chi connectivity index (χ2n) is 5.46. The maximum absolute atomic E-state index is 12.2. The van der Waals surface area contributed by atoms with Gasteiger partial charge in [0, 0.05) is 13.1 Å². The molecule has 1 aliphatic rings. The molecule has 0 spiro atoms. The number of fused-ring (bicyclic) bond motifs is 1. The number of nitrogens with zero attached hydrogens (tertiary/aromatic N) is 6. The van der Waals surface area contributed by atoms with Crippen molar-refractivity contribution in [1.29, 1.82) is 0 Å². The van der Waals surface area contributed by atoms with Crippen LogP contribution >= 0.6 is 0 Å². The number of rotatable bonds is 3. The first-order valence-electron chi connectivity index (χ1n) is 7.48. The summed E-state index contributed by atoms with van der Waals surface area (Å²) in [4.78, 5) is 35.4. The lowest BCUT2D eigenvalue weighted by Crippen LogP contribution is -2.33. The number of hydrogen-bond donors (Lipinski definition) is 1. The molecule has 4 rings (SSSR count). The quantitative estimate of drug-likeness (QED) is 0.554. The fraction of sp³-hybridized carbons (Fsp3) is 0.385. The fourth-order valence-electron chi connectivity index (χ4n) is 2.69. The molecule has 0 bridgehead atoms. The Kier molecular flexibility index (Phi) is 3.25. The number of aromatic nitrogens is 5. The van der Waals surface area contributed by atoms with E-state index in [2.05, 4.69) is 20.1 Å². The normalized spacial score (nSPS) is 15.1. The van der Waals surface area contributed by atoms with Crippen LogP contribution in [-0.2, 0) is 0 Å². The first-order valence-corrected chi connectivity index (χ1v) is 7.48. The first-order chi connectivity index (χ1) is 11.6. The lowest BCUT2D eigenvalue weighted by molar-refractivity contribution is -0.401. The molecule has 11 heteroatoms. The van der Waals surface area contributed by atoms with E-state index in [4.69, 9.17) is 4.42 Å². The number of anilines is 1. The van der Waals surface area contributed by atoms with Gasteiger partial charge in [0.15, 0.2) is 5.76 Å². The third kappa shape index (κ3) is 2.39. The van der Waals surface area contributed by atoms with Crippen LogP contribution in [0.4, 0.5) is 11.8 Å². The van der Waals surface area contributed by atoms with E-state index in [1.54, 1.807) is 0 Å². The Morgan fingerprint density at radius 2 is 2.00 bits per heavy atom. The first kappa shape index (κ1) is 14.4. The molecule has 1 saturated heterocycles. The molecule has 0 aliphatic carbocycles. The van der Waals surface area contributed by atoms with Gasteiger partial charge in [-0.2, -0.15) is 9.97 Å². The third-order valence-corrected chi connectivity index (χ3v) is 3.85. The van der Waals surface area contributed by atoms with Gasteiger partial charge >= 0.3 is 11.6 Å². The van der Waals surface area contributed by atoms with Crippen molar-refractivity contribution in [3.05, 3.63) is 32.7 Å². The summed E-state index contributed by atoms with van der Waals surface area (Å²) >= 11 is 0. The molecule has 24 heavy (non-hydrogen) atoms. The Hall–Kier alpha value is -3.24. The van der Waals surface area contributed by atoms with Crippen LogP contribution in [0.25, 0.3) is 17.4 Å². The molecule has 1 fully saturated rings. The van der Waals surface area contributed by atoms with Crippen molar-refractivity contribution in [2.45, 2.75) is 19.3 Å². The maximum Gasteiger partial charge on any atom is 0.433 e. The Labute approximate surface area is 134 Å². The average molecular weight is 331 g/mol. The fourth-order valence-corrected chi connectivity index (χ4v) is 2.69. The second kappa shape index (κ2) is 5.44. The van der Waals surface area contributed by atoms with E-state index in [-0.39, 0.29) is 17.4 Å². The Morgan fingerprint density at radius 1 is 1.21 bits per heavy atom. The molecule has 0 aromatic carbocycles. The van der Waals surface area contributed by atoms with Crippen molar-refractivity contribution in [3.8, 4) is 11.6 Å². The van der Waals surface area contributed by atoms with E-state index in [9.17, 15) is 14.9 Å². The molecule has 0 unspecified atom stereocenters. The molecular formula is C13H13N7O4. The molecule has 1 N–H and O–H groups in total. The number of piperidine rings is 1. The molecule has 0 atom stereocenters. The SMILES string of the molecule is O=c1[nH]c(N2CCCCC2)nc2nc(-c3ccc([N+](=O)[O-])o3)nn12. The lowest BCUT2D eigenvalue weighted by atomic mass is 10.1. The Bertz CT molecular complexity index is 966. The van der Waals surface area contributed by atoms with E-state index < -0.39 is 16.5 Å². The molecule has 3 aromatic heterocycles. The smallest absolute Gasteiger partial charge is 0.397 e. The van der Waals surface area contributed by atoms with Crippen LogP contribution in [-0.4, -0.2) is 42.6 Å². The Morgan fingerprint density at radius 3 is 2.71 bits per heavy atom. The summed E-state index contributed by atoms with van der Waals surface area (Å²) in [7, 11) is 0. The predicted molar refractivity (Wildman–Crippen MR) is 81.8 cm³/mol. The molecule has 3 aromatic rings. The Balaban J connectivity index is 1.75. The summed E-state index contributed by atoms with van der Waals surface area (Å²) in [6.45, 7) is 1.65. The van der Waals surface area contributed by atoms with Gasteiger partial charge in [0.25, 0.3) is 5.78 Å². The van der Waals surface area contributed by atoms with E-state index >= 15 is 0 Å². The second-order valence-corrected chi connectivity index (χ2v) is 5.46. The summed E-state index contributed by atoms with van der Waals surface area (Å²) in [6.07, 6.45) is 3.25. The third-order valence-electron chi connectivity index (χ3n) is 3.85. The topological polar surface area (TPSA) is 135 Å². The summed E-state index contributed by atoms with van der Waals surface area (Å²) in [5.41, 5.74) is -0.472. The highest BCUT2D eigenvalue weighted by Gasteiger charge is 2.20. The summed E-state index contributed by atoms with van der Waals surface area (Å²) < 4.78 is 6.07. The maximum atomic E-state index is 12.2. The zero-order valence-corrected chi connectivity index (χ0v) is 12.5. The zero-order chi connectivity index (χ0) is 16.7. The van der Waals surface area contributed by atoms with Crippen LogP contribution in [0.2, 0.25) is 0 Å². The molecule has 0 saturated carbocycles. The largest absolute Gasteiger partial charge is 0.433 e. The van der Waals surface area contributed by atoms with Gasteiger partial charge < -0.3 is 9.32 Å². The highest BCUT2D eigenvalue weighted by molar-refractivity contribution is 5.52. The highest BCUT2D eigenvalue weighted by Crippen LogP contribution is 2.23. The van der Waals surface area contributed by atoms with Crippen LogP contribution in [0.15, 0.2) is 21.3 Å². The molecule has 1 aliphatic heterocycles. The minimum Gasteiger partial charge on any atom is -0.397 e. The summed E-state index contributed by atoms with van der Waals surface area (Å²) in [6, 6.07) is 2.59. The van der Waals surface area contributed by atoms with Gasteiger partial charge in [-0.15, -0.1) is 9.61 Å². The van der Waals surface area contributed by atoms with Gasteiger partial charge in [0.2, 0.25) is 11.8 Å². The molecule has 0 amide bonds. The van der Waals surface area contributed by atoms with Crippen LogP contribution in [0.5, 0.6) is 0 Å². The van der Waals surface area contributed by atoms with Crippen molar-refractivity contribution in [2.24, 2.45) is 0 Å². The van der Waals surface area contributed by atoms with Crippen molar-refractivity contribution in [2.75, 3.05) is 18.0 Å². The standard InChI is InChI=1S/C13H13N7O4/c21-13-16-11(18-6-2-1-3-7-18)15-12-14-10(17-19(12)13)8-4-5-9(24-8)20(22)23/h4-5H,1-3,6-7H2,(H,14,15,16,17,21). The minimum absolute atomic E-state index is 0.0666. The molecule has 0 radical (unpaired) electrons. The van der Waals surface area contributed by atoms with Gasteiger partial charge in [-0.1, -0.05) is 0 Å². The van der Waals surface area contributed by atoms with E-state index in [0.29, 0.717) is 5.95 Å². The number of nitrogens with one attached hydrogen (secondary N) is 1. The minimum atomic E-state index is -0.654. The zero-order valence-electron chi connectivity index (χ0n) is 12.5. The number of aromatic amines is 1. The van der Waals surface area contributed by atoms with E-state index in [1.807, 2.05) is 4.90 Å². The average Bonchev–Trinajstić information content (AvgIpc) is 3.22. The number of nitro groups is 1. The molecule has 4 heterocycles. The highest BCUT2D eigenvalue weighted by atomic mass is 16.6. The van der Waals surface area contributed by atoms with Crippen LogP contribution in [0.1, 0.15) is 19.3 Å². The van der Waals surface area contributed by atoms with Crippen molar-refractivity contribution < 1.29 is 9.34 Å². The van der Waals surface area contributed by atoms with Gasteiger partial charge in [0.05, 0.1) is 6.07 Å². The van der Waals surface area contributed by atoms with Gasteiger partial charge in [-0.3, -0.25) is 15.1 Å². The monoisotopic (exact) mass is 331 g/mol. The number of hydrogen-bond acceptors (Lipinski definition) is 8. The summed E-state index contributed by atoms with van der Waals surface area (Å²) in [5, 5.41) is 14.7. The van der Waals surface area contributed by atoms with Crippen molar-refractivity contribution in [1.82, 2.24) is 24.6 Å². The van der Waals surface area contributed by atoms with Crippen molar-refractivity contribution in [3.63, 3.8) is 0 Å². The lowest BCUT2D eigenvalue weighted by Gasteiger charge is -2.26. The van der Waals surface area contributed by atoms with Gasteiger partial charge in [0.1, 0.15) is 4.92 Å². The van der Waals surface area contributed by atoms with E-state index in [0.717, 1.165) is 36.9 Å². The molecular weight excluding hydrogens is 318 g/mol. The predicted octanol–water partition coefficient (Wildman–Crippen LogP) is 0.971.